The predicted octanol–water partition coefficient (Wildman–Crippen LogP) is 24.0. The number of aryl methyl sites for hydroxylation is 8. The third-order valence-corrected chi connectivity index (χ3v) is 22.5. The van der Waals surface area contributed by atoms with Crippen LogP contribution in [0.3, 0.4) is 0 Å². The Hall–Kier alpha value is -9.64. The van der Waals surface area contributed by atoms with Crippen molar-refractivity contribution in [3.8, 4) is 89.5 Å². The molecule has 0 spiro atoms. The first-order valence-corrected chi connectivity index (χ1v) is 38.2. The van der Waals surface area contributed by atoms with Crippen molar-refractivity contribution in [1.82, 2.24) is 0 Å². The summed E-state index contributed by atoms with van der Waals surface area (Å²) >= 11 is 0. The van der Waals surface area contributed by atoms with Gasteiger partial charge >= 0.3 is 0 Å². The normalized spacial score (nSPS) is 15.9. The van der Waals surface area contributed by atoms with Gasteiger partial charge in [0.2, 0.25) is 22.8 Å². The standard InChI is InChI=1S/2C25H28N.2C24H26N/c2*1-19-9-6-7-14-24(19)25-16-15-23(18-26(25)2)22-13-8-12-21(17-22)20-10-4-3-5-11-20;2*1-18-7-3-6-10-23(18)24-16-15-22(17-25(24)2)21-13-11-20(12-14-21)19-8-4-5-9-19/h2*6-9,12-18,20H,3-5,10-11H2,1-2H3;2*3,6-7,10-17,19H,4-5,8-9H2,1-2H3/q4*+1/i20D;;19D;. The summed E-state index contributed by atoms with van der Waals surface area (Å²) in [6.45, 7) is 8.66. The van der Waals surface area contributed by atoms with Crippen LogP contribution in [-0.2, 0) is 28.2 Å². The molecule has 0 atom stereocenters. The Balaban J connectivity index is 0.000000123. The maximum Gasteiger partial charge on any atom is 0.212 e. The molecule has 4 aliphatic carbocycles. The van der Waals surface area contributed by atoms with Crippen molar-refractivity contribution in [2.75, 3.05) is 0 Å². The molecule has 0 amide bonds. The van der Waals surface area contributed by atoms with Crippen molar-refractivity contribution in [2.24, 2.45) is 28.2 Å². The summed E-state index contributed by atoms with van der Waals surface area (Å²) in [7, 11) is 8.51. The molecule has 0 bridgehead atoms. The fourth-order valence-corrected chi connectivity index (χ4v) is 16.5. The minimum Gasteiger partial charge on any atom is -0.200 e. The summed E-state index contributed by atoms with van der Waals surface area (Å²) in [5.74, 6) is 0.771. The highest BCUT2D eigenvalue weighted by Crippen LogP contribution is 2.39. The van der Waals surface area contributed by atoms with Crippen LogP contribution in [0.1, 0.15) is 186 Å². The highest BCUT2D eigenvalue weighted by molar-refractivity contribution is 5.71. The van der Waals surface area contributed by atoms with E-state index in [0.717, 1.165) is 37.5 Å². The Morgan fingerprint density at radius 3 is 0.873 bits per heavy atom. The average molecular weight is 1340 g/mol. The van der Waals surface area contributed by atoms with E-state index in [-0.39, 0.29) is 5.89 Å². The van der Waals surface area contributed by atoms with Crippen molar-refractivity contribution < 1.29 is 21.0 Å². The van der Waals surface area contributed by atoms with Crippen molar-refractivity contribution in [3.63, 3.8) is 0 Å². The predicted molar refractivity (Wildman–Crippen MR) is 427 cm³/mol. The fourth-order valence-electron chi connectivity index (χ4n) is 16.5. The van der Waals surface area contributed by atoms with Gasteiger partial charge in [0.1, 0.15) is 28.2 Å². The van der Waals surface area contributed by atoms with Crippen molar-refractivity contribution in [3.05, 3.63) is 312 Å². The fraction of sp³-hybridized carbons (Fsp3) is 0.306. The van der Waals surface area contributed by atoms with Gasteiger partial charge in [0.15, 0.2) is 24.8 Å². The quantitative estimate of drug-likeness (QED) is 0.108. The van der Waals surface area contributed by atoms with Gasteiger partial charge in [-0.2, -0.15) is 0 Å². The van der Waals surface area contributed by atoms with Gasteiger partial charge in [-0.25, -0.2) is 18.3 Å². The molecule has 0 saturated heterocycles. The zero-order chi connectivity index (χ0) is 72.2. The number of benzene rings is 8. The van der Waals surface area contributed by atoms with Gasteiger partial charge in [-0.05, 0) is 218 Å². The summed E-state index contributed by atoms with van der Waals surface area (Å²) in [4.78, 5) is 0. The maximum atomic E-state index is 8.93. The zero-order valence-corrected chi connectivity index (χ0v) is 62.1. The molecule has 102 heavy (non-hydrogen) atoms. The van der Waals surface area contributed by atoms with Crippen molar-refractivity contribution in [1.29, 1.82) is 0 Å². The monoisotopic (exact) mass is 1340 g/mol. The van der Waals surface area contributed by atoms with Gasteiger partial charge < -0.3 is 0 Å². The molecule has 4 aliphatic rings. The Kier molecular flexibility index (Phi) is 22.6. The van der Waals surface area contributed by atoms with E-state index in [4.69, 9.17) is 2.74 Å². The highest BCUT2D eigenvalue weighted by atomic mass is 14.9. The Labute approximate surface area is 614 Å². The van der Waals surface area contributed by atoms with E-state index >= 15 is 0 Å². The van der Waals surface area contributed by atoms with Crippen LogP contribution in [0, 0.1) is 27.7 Å². The molecule has 4 aromatic heterocycles. The van der Waals surface area contributed by atoms with Crippen LogP contribution in [0.25, 0.3) is 89.5 Å². The first-order valence-electron chi connectivity index (χ1n) is 39.2. The minimum atomic E-state index is -0.405. The van der Waals surface area contributed by atoms with E-state index in [0.29, 0.717) is 0 Å². The Morgan fingerprint density at radius 1 is 0.235 bits per heavy atom. The Bertz CT molecular complexity index is 4890. The first kappa shape index (κ1) is 68.1. The molecular formula is C98H108N4+4. The van der Waals surface area contributed by atoms with Gasteiger partial charge in [0.05, 0.1) is 0 Å². The summed E-state index contributed by atoms with van der Waals surface area (Å²) in [5, 5.41) is 0. The second-order valence-corrected chi connectivity index (χ2v) is 29.6. The van der Waals surface area contributed by atoms with Gasteiger partial charge in [-0.15, -0.1) is 0 Å². The Morgan fingerprint density at radius 2 is 0.510 bits per heavy atom. The topological polar surface area (TPSA) is 15.5 Å². The molecule has 516 valence electrons. The largest absolute Gasteiger partial charge is 0.212 e. The molecule has 4 heteroatoms. The molecule has 0 N–H and O–H groups in total. The smallest absolute Gasteiger partial charge is 0.200 e. The molecule has 0 radical (unpaired) electrons. The number of pyridine rings is 4. The summed E-state index contributed by atoms with van der Waals surface area (Å²) < 4.78 is 26.5. The molecule has 4 saturated carbocycles. The van der Waals surface area contributed by atoms with E-state index < -0.39 is 5.89 Å². The molecule has 0 unspecified atom stereocenters. The van der Waals surface area contributed by atoms with Crippen molar-refractivity contribution >= 4 is 0 Å². The molecule has 8 aromatic carbocycles. The molecule has 0 aliphatic heterocycles. The van der Waals surface area contributed by atoms with Crippen molar-refractivity contribution in [2.45, 2.75) is 167 Å². The van der Waals surface area contributed by atoms with Gasteiger partial charge in [-0.3, -0.25) is 0 Å². The number of hydrogen-bond donors (Lipinski definition) is 0. The van der Waals surface area contributed by atoms with Crippen LogP contribution in [0.4, 0.5) is 0 Å². The molecule has 4 fully saturated rings. The first-order chi connectivity index (χ1) is 50.6. The molecule has 4 nitrogen and oxygen atoms in total. The van der Waals surface area contributed by atoms with Crippen LogP contribution in [-0.4, -0.2) is 0 Å². The van der Waals surface area contributed by atoms with Crippen LogP contribution < -0.4 is 18.3 Å². The van der Waals surface area contributed by atoms with E-state index in [1.165, 1.54) is 224 Å². The molecular weight excluding hydrogens is 1230 g/mol. The third kappa shape index (κ3) is 17.3. The minimum absolute atomic E-state index is 0.363. The second-order valence-electron chi connectivity index (χ2n) is 29.6. The summed E-state index contributed by atoms with van der Waals surface area (Å²) in [6.07, 6.45) is 31.2. The summed E-state index contributed by atoms with van der Waals surface area (Å²) in [6, 6.07) is 87.8. The maximum absolute atomic E-state index is 8.93. The van der Waals surface area contributed by atoms with E-state index in [1.807, 2.05) is 0 Å². The second kappa shape index (κ2) is 33.9. The van der Waals surface area contributed by atoms with Gasteiger partial charge in [-0.1, -0.05) is 234 Å². The van der Waals surface area contributed by atoms with Gasteiger partial charge in [0, 0.05) is 71.5 Å². The van der Waals surface area contributed by atoms with Crippen LogP contribution in [0.5, 0.6) is 0 Å². The zero-order valence-electron chi connectivity index (χ0n) is 64.1. The SMILES string of the molecule is Cc1ccccc1-c1ccc(-c2ccc(C3CCCC3)cc2)c[n+]1C.Cc1ccccc1-c1ccc(-c2cccc(C3CCCCC3)c2)c[n+]1C.[2H]C1(c2ccc(-c3ccc(-c4ccccc4C)[n+](C)c3)cc2)CCCC1.[2H]C1(c2cccc(-c3ccc(-c4ccccc4C)[n+](C)c3)c2)CCCCC1. The van der Waals surface area contributed by atoms with Crippen LogP contribution >= 0.6 is 0 Å². The van der Waals surface area contributed by atoms with Gasteiger partial charge in [0.25, 0.3) is 0 Å². The highest BCUT2D eigenvalue weighted by Gasteiger charge is 2.23. The third-order valence-electron chi connectivity index (χ3n) is 22.5. The molecule has 4 heterocycles. The lowest BCUT2D eigenvalue weighted by molar-refractivity contribution is -0.660. The van der Waals surface area contributed by atoms with E-state index in [1.54, 1.807) is 0 Å². The van der Waals surface area contributed by atoms with E-state index in [9.17, 15) is 0 Å². The van der Waals surface area contributed by atoms with Crippen LogP contribution in [0.2, 0.25) is 0 Å². The molecule has 12 aromatic rings. The average Bonchev–Trinajstić information content (AvgIpc) is 0.942. The van der Waals surface area contributed by atoms with E-state index in [2.05, 4.69) is 342 Å². The lowest BCUT2D eigenvalue weighted by atomic mass is 9.83. The summed E-state index contributed by atoms with van der Waals surface area (Å²) in [5.41, 5.74) is 30.7. The number of rotatable bonds is 12. The number of aromatic nitrogens is 4. The lowest BCUT2D eigenvalue weighted by Gasteiger charge is -2.22. The number of nitrogens with zero attached hydrogens (tertiary/aromatic N) is 4. The number of hydrogen-bond acceptors (Lipinski definition) is 0. The molecule has 16 rings (SSSR count). The lowest BCUT2D eigenvalue weighted by Crippen LogP contribution is -2.30. The van der Waals surface area contributed by atoms with Crippen LogP contribution in [0.15, 0.2) is 267 Å².